The van der Waals surface area contributed by atoms with Crippen LogP contribution in [0.15, 0.2) is 34.4 Å². The van der Waals surface area contributed by atoms with Crippen molar-refractivity contribution in [2.24, 2.45) is 0 Å². The van der Waals surface area contributed by atoms with Gasteiger partial charge in [-0.05, 0) is 23.6 Å². The van der Waals surface area contributed by atoms with Crippen molar-refractivity contribution in [3.8, 4) is 0 Å². The van der Waals surface area contributed by atoms with Crippen LogP contribution in [0.4, 0.5) is 0 Å². The Hall–Kier alpha value is -0.530. The first-order valence-corrected chi connectivity index (χ1v) is 3.01. The second-order valence-electron chi connectivity index (χ2n) is 2.10. The Labute approximate surface area is 59.3 Å². The highest BCUT2D eigenvalue weighted by Gasteiger charge is 2.16. The summed E-state index contributed by atoms with van der Waals surface area (Å²) in [6.07, 6.45) is 7.29. The van der Waals surface area contributed by atoms with Crippen LogP contribution in [0.5, 0.6) is 0 Å². The van der Waals surface area contributed by atoms with Gasteiger partial charge in [-0.1, -0.05) is 23.8 Å². The van der Waals surface area contributed by atoms with Gasteiger partial charge in [-0.2, -0.15) is 0 Å². The minimum Gasteiger partial charge on any atom is -0.344 e. The zero-order valence-electron chi connectivity index (χ0n) is 5.02. The Balaban J connectivity index is 0.000000405. The zero-order chi connectivity index (χ0) is 5.56. The first-order chi connectivity index (χ1) is 3.86. The molecule has 2 heteroatoms. The minimum atomic E-state index is 0. The number of hydrogen-bond donors (Lipinski definition) is 1. The highest BCUT2D eigenvalue weighted by Crippen LogP contribution is 2.36. The van der Waals surface area contributed by atoms with Gasteiger partial charge in [0.1, 0.15) is 0 Å². The van der Waals surface area contributed by atoms with E-state index in [2.05, 4.69) is 12.2 Å². The number of fused-ring (bicyclic) bond motifs is 2. The lowest BCUT2D eigenvalue weighted by atomic mass is 10.3. The highest BCUT2D eigenvalue weighted by atomic mass is 35.5. The van der Waals surface area contributed by atoms with Gasteiger partial charge < -0.3 is 6.15 Å². The molecule has 0 unspecified atom stereocenters. The van der Waals surface area contributed by atoms with E-state index in [9.17, 15) is 0 Å². The van der Waals surface area contributed by atoms with Crippen molar-refractivity contribution in [3.05, 3.63) is 34.4 Å². The molecule has 0 aliphatic heterocycles. The van der Waals surface area contributed by atoms with Gasteiger partial charge in [0.05, 0.1) is 0 Å². The average Bonchev–Trinajstić information content (AvgIpc) is 2.23. The maximum Gasteiger partial charge on any atom is 0.0444 e. The predicted molar refractivity (Wildman–Crippen MR) is 39.7 cm³/mol. The Kier molecular flexibility index (Phi) is 1.47. The van der Waals surface area contributed by atoms with Crippen LogP contribution in [0.1, 0.15) is 6.42 Å². The van der Waals surface area contributed by atoms with Crippen molar-refractivity contribution in [3.63, 3.8) is 0 Å². The molecule has 0 aromatic carbocycles. The molecule has 3 N–H and O–H groups in total. The van der Waals surface area contributed by atoms with Gasteiger partial charge in [-0.3, -0.25) is 0 Å². The third kappa shape index (κ3) is 0.824. The fourth-order valence-corrected chi connectivity index (χ4v) is 1.33. The van der Waals surface area contributed by atoms with Gasteiger partial charge in [0.15, 0.2) is 0 Å². The van der Waals surface area contributed by atoms with Crippen LogP contribution >= 0.6 is 11.6 Å². The quantitative estimate of drug-likeness (QED) is 0.553. The van der Waals surface area contributed by atoms with E-state index >= 15 is 0 Å². The minimum absolute atomic E-state index is 0. The lowest BCUT2D eigenvalue weighted by Gasteiger charge is -1.87. The SMILES string of the molecule is ClC1=CC2=CC=C1C2.N. The Morgan fingerprint density at radius 3 is 2.33 bits per heavy atom. The molecule has 0 saturated carbocycles. The molecular formula is C7H8ClN. The van der Waals surface area contributed by atoms with E-state index < -0.39 is 0 Å². The van der Waals surface area contributed by atoms with Crippen molar-refractivity contribution >= 4 is 11.6 Å². The van der Waals surface area contributed by atoms with Crippen molar-refractivity contribution in [2.75, 3.05) is 0 Å². The van der Waals surface area contributed by atoms with Crippen molar-refractivity contribution in [2.45, 2.75) is 6.42 Å². The van der Waals surface area contributed by atoms with Crippen LogP contribution in [0.2, 0.25) is 0 Å². The highest BCUT2D eigenvalue weighted by molar-refractivity contribution is 6.32. The van der Waals surface area contributed by atoms with Gasteiger partial charge in [-0.15, -0.1) is 0 Å². The first kappa shape index (κ1) is 6.59. The molecule has 48 valence electrons. The van der Waals surface area contributed by atoms with E-state index in [4.69, 9.17) is 11.6 Å². The maximum atomic E-state index is 5.76. The monoisotopic (exact) mass is 141 g/mol. The van der Waals surface area contributed by atoms with Crippen LogP contribution in [0.25, 0.3) is 0 Å². The summed E-state index contributed by atoms with van der Waals surface area (Å²) in [6, 6.07) is 0. The molecule has 2 rings (SSSR count). The molecule has 2 aliphatic rings. The Morgan fingerprint density at radius 1 is 1.33 bits per heavy atom. The summed E-state index contributed by atoms with van der Waals surface area (Å²) < 4.78 is 0. The van der Waals surface area contributed by atoms with Crippen LogP contribution < -0.4 is 6.15 Å². The Bertz CT molecular complexity index is 223. The third-order valence-electron chi connectivity index (χ3n) is 1.51. The summed E-state index contributed by atoms with van der Waals surface area (Å²) in [6.45, 7) is 0. The fraction of sp³-hybridized carbons (Fsp3) is 0.143. The average molecular weight is 142 g/mol. The van der Waals surface area contributed by atoms with E-state index in [-0.39, 0.29) is 6.15 Å². The molecule has 0 saturated heterocycles. The van der Waals surface area contributed by atoms with Crippen LogP contribution in [0, 0.1) is 0 Å². The summed E-state index contributed by atoms with van der Waals surface area (Å²) in [5.41, 5.74) is 2.63. The van der Waals surface area contributed by atoms with Crippen molar-refractivity contribution in [1.29, 1.82) is 0 Å². The maximum absolute atomic E-state index is 5.76. The summed E-state index contributed by atoms with van der Waals surface area (Å²) in [7, 11) is 0. The normalized spacial score (nSPS) is 20.3. The van der Waals surface area contributed by atoms with Gasteiger partial charge in [0.2, 0.25) is 0 Å². The van der Waals surface area contributed by atoms with Gasteiger partial charge in [0.25, 0.3) is 0 Å². The molecule has 1 nitrogen and oxygen atoms in total. The fourth-order valence-electron chi connectivity index (χ4n) is 1.06. The van der Waals surface area contributed by atoms with Crippen LogP contribution in [0.3, 0.4) is 0 Å². The molecule has 0 radical (unpaired) electrons. The lowest BCUT2D eigenvalue weighted by molar-refractivity contribution is 1.32. The van der Waals surface area contributed by atoms with E-state index in [1.54, 1.807) is 0 Å². The third-order valence-corrected chi connectivity index (χ3v) is 1.86. The number of rotatable bonds is 0. The summed E-state index contributed by atoms with van der Waals surface area (Å²) in [5, 5.41) is 0.933. The van der Waals surface area contributed by atoms with E-state index in [1.165, 1.54) is 11.1 Å². The van der Waals surface area contributed by atoms with Crippen LogP contribution in [-0.4, -0.2) is 0 Å². The predicted octanol–water partition coefficient (Wildman–Crippen LogP) is 2.54. The summed E-state index contributed by atoms with van der Waals surface area (Å²) in [4.78, 5) is 0. The van der Waals surface area contributed by atoms with Gasteiger partial charge >= 0.3 is 0 Å². The number of allylic oxidation sites excluding steroid dienone is 6. The van der Waals surface area contributed by atoms with E-state index in [1.807, 2.05) is 6.08 Å². The van der Waals surface area contributed by atoms with E-state index in [0.29, 0.717) is 0 Å². The molecule has 0 spiro atoms. The molecule has 0 heterocycles. The summed E-state index contributed by atoms with van der Waals surface area (Å²) in [5.74, 6) is 0. The van der Waals surface area contributed by atoms with E-state index in [0.717, 1.165) is 11.5 Å². The molecular weight excluding hydrogens is 134 g/mol. The number of halogens is 1. The molecule has 2 bridgehead atoms. The van der Waals surface area contributed by atoms with Gasteiger partial charge in [0, 0.05) is 5.03 Å². The Morgan fingerprint density at radius 2 is 2.11 bits per heavy atom. The standard InChI is InChI=1S/C7H5Cl.H3N/c8-7-4-5-1-2-6(7)3-5;/h1-2,4H,3H2;1H3. The molecule has 0 fully saturated rings. The van der Waals surface area contributed by atoms with Gasteiger partial charge in [-0.25, -0.2) is 0 Å². The molecule has 9 heavy (non-hydrogen) atoms. The van der Waals surface area contributed by atoms with Crippen molar-refractivity contribution < 1.29 is 0 Å². The van der Waals surface area contributed by atoms with Crippen LogP contribution in [-0.2, 0) is 0 Å². The lowest BCUT2D eigenvalue weighted by Crippen LogP contribution is -1.67. The first-order valence-electron chi connectivity index (χ1n) is 2.63. The molecule has 0 aromatic rings. The zero-order valence-corrected chi connectivity index (χ0v) is 5.78. The number of hydrogen-bond acceptors (Lipinski definition) is 1. The second kappa shape index (κ2) is 2.01. The topological polar surface area (TPSA) is 35.0 Å². The molecule has 2 aliphatic carbocycles. The summed E-state index contributed by atoms with van der Waals surface area (Å²) >= 11 is 5.76. The molecule has 0 aromatic heterocycles. The molecule has 0 atom stereocenters. The van der Waals surface area contributed by atoms with Crippen molar-refractivity contribution in [1.82, 2.24) is 6.15 Å². The largest absolute Gasteiger partial charge is 0.344 e. The smallest absolute Gasteiger partial charge is 0.0444 e. The molecule has 0 amide bonds. The second-order valence-corrected chi connectivity index (χ2v) is 2.51.